The fourth-order valence-corrected chi connectivity index (χ4v) is 2.62. The van der Waals surface area contributed by atoms with Crippen molar-refractivity contribution in [2.24, 2.45) is 0 Å². The third-order valence-electron chi connectivity index (χ3n) is 3.68. The molecule has 0 N–H and O–H groups in total. The zero-order valence-electron chi connectivity index (χ0n) is 12.6. The van der Waals surface area contributed by atoms with Gasteiger partial charge in [-0.15, -0.1) is 20.4 Å². The Morgan fingerprint density at radius 3 is 2.10 bits per heavy atom. The Kier molecular flexibility index (Phi) is 3.98. The normalized spacial score (nSPS) is 21.0. The summed E-state index contributed by atoms with van der Waals surface area (Å²) in [6.45, 7) is 10.1. The molecule has 21 heavy (non-hydrogen) atoms. The molecule has 0 saturated carbocycles. The molecule has 0 radical (unpaired) electrons. The predicted molar refractivity (Wildman–Crippen MR) is 73.2 cm³/mol. The van der Waals surface area contributed by atoms with Crippen molar-refractivity contribution in [3.8, 4) is 0 Å². The molecule has 0 spiro atoms. The summed E-state index contributed by atoms with van der Waals surface area (Å²) in [7, 11) is 0. The number of piperazine rings is 1. The number of aromatic nitrogens is 4. The highest BCUT2D eigenvalue weighted by Gasteiger charge is 2.26. The first kappa shape index (κ1) is 14.2. The van der Waals surface area contributed by atoms with Gasteiger partial charge in [0.15, 0.2) is 0 Å². The molecule has 0 amide bonds. The second kappa shape index (κ2) is 5.90. The molecule has 1 unspecified atom stereocenters. The topological polar surface area (TPSA) is 84.3 Å². The van der Waals surface area contributed by atoms with Crippen LogP contribution >= 0.6 is 0 Å². The van der Waals surface area contributed by atoms with Gasteiger partial charge in [0.25, 0.3) is 0 Å². The quantitative estimate of drug-likeness (QED) is 0.817. The van der Waals surface area contributed by atoms with Crippen molar-refractivity contribution in [1.29, 1.82) is 0 Å². The first-order chi connectivity index (χ1) is 10.1. The van der Waals surface area contributed by atoms with Gasteiger partial charge in [-0.1, -0.05) is 0 Å². The second-order valence-corrected chi connectivity index (χ2v) is 5.48. The summed E-state index contributed by atoms with van der Waals surface area (Å²) in [4.78, 5) is 4.68. The Balaban J connectivity index is 1.54. The van der Waals surface area contributed by atoms with Crippen LogP contribution in [0.5, 0.6) is 0 Å². The van der Waals surface area contributed by atoms with Crippen molar-refractivity contribution in [2.45, 2.75) is 39.9 Å². The highest BCUT2D eigenvalue weighted by atomic mass is 16.4. The van der Waals surface area contributed by atoms with Crippen LogP contribution in [0.2, 0.25) is 0 Å². The molecular weight excluding hydrogens is 272 g/mol. The van der Waals surface area contributed by atoms with E-state index in [9.17, 15) is 0 Å². The van der Waals surface area contributed by atoms with Crippen molar-refractivity contribution < 1.29 is 8.83 Å². The SMILES string of the molecule is Cc1nnc(CN2CCN(Cc3nnc(C)o3)C(C)C2)o1. The molecule has 1 aliphatic rings. The fourth-order valence-electron chi connectivity index (χ4n) is 2.62. The van der Waals surface area contributed by atoms with Gasteiger partial charge in [-0.3, -0.25) is 9.80 Å². The van der Waals surface area contributed by atoms with Crippen LogP contribution in [0.3, 0.4) is 0 Å². The van der Waals surface area contributed by atoms with Gasteiger partial charge in [0, 0.05) is 39.5 Å². The molecule has 1 saturated heterocycles. The maximum absolute atomic E-state index is 5.45. The third kappa shape index (κ3) is 3.45. The Morgan fingerprint density at radius 2 is 1.57 bits per heavy atom. The molecule has 3 rings (SSSR count). The second-order valence-electron chi connectivity index (χ2n) is 5.48. The van der Waals surface area contributed by atoms with Crippen LogP contribution in [0.25, 0.3) is 0 Å². The largest absolute Gasteiger partial charge is 0.424 e. The van der Waals surface area contributed by atoms with Crippen molar-refractivity contribution in [1.82, 2.24) is 30.2 Å². The number of hydrogen-bond acceptors (Lipinski definition) is 8. The lowest BCUT2D eigenvalue weighted by molar-refractivity contribution is 0.0617. The Labute approximate surface area is 123 Å². The van der Waals surface area contributed by atoms with Gasteiger partial charge in [-0.25, -0.2) is 0 Å². The maximum Gasteiger partial charge on any atom is 0.230 e. The van der Waals surface area contributed by atoms with E-state index in [0.29, 0.717) is 42.7 Å². The summed E-state index contributed by atoms with van der Waals surface area (Å²) >= 11 is 0. The molecule has 2 aromatic heterocycles. The van der Waals surface area contributed by atoms with Crippen molar-refractivity contribution in [2.75, 3.05) is 19.6 Å². The standard InChI is InChI=1S/C13H20N6O2/c1-9-6-18(7-12-16-14-10(2)20-12)4-5-19(9)8-13-17-15-11(3)21-13/h9H,4-8H2,1-3H3. The first-order valence-corrected chi connectivity index (χ1v) is 7.14. The van der Waals surface area contributed by atoms with E-state index in [-0.39, 0.29) is 0 Å². The van der Waals surface area contributed by atoms with Crippen LogP contribution in [-0.2, 0) is 13.1 Å². The number of aryl methyl sites for hydroxylation is 2. The minimum Gasteiger partial charge on any atom is -0.424 e. The van der Waals surface area contributed by atoms with Crippen LogP contribution in [0, 0.1) is 13.8 Å². The molecule has 8 heteroatoms. The summed E-state index contributed by atoms with van der Waals surface area (Å²) in [5.41, 5.74) is 0. The van der Waals surface area contributed by atoms with Crippen LogP contribution in [0.4, 0.5) is 0 Å². The number of rotatable bonds is 4. The van der Waals surface area contributed by atoms with Gasteiger partial charge in [-0.2, -0.15) is 0 Å². The predicted octanol–water partition coefficient (Wildman–Crippen LogP) is 0.776. The van der Waals surface area contributed by atoms with Gasteiger partial charge in [0.2, 0.25) is 23.6 Å². The average Bonchev–Trinajstić information content (AvgIpc) is 3.02. The smallest absolute Gasteiger partial charge is 0.230 e. The highest BCUT2D eigenvalue weighted by molar-refractivity contribution is 4.87. The molecule has 0 aliphatic carbocycles. The van der Waals surface area contributed by atoms with E-state index in [2.05, 4.69) is 37.1 Å². The van der Waals surface area contributed by atoms with E-state index >= 15 is 0 Å². The summed E-state index contributed by atoms with van der Waals surface area (Å²) < 4.78 is 10.9. The zero-order chi connectivity index (χ0) is 14.8. The minimum absolute atomic E-state index is 0.412. The molecular formula is C13H20N6O2. The van der Waals surface area contributed by atoms with Crippen molar-refractivity contribution >= 4 is 0 Å². The molecule has 114 valence electrons. The number of nitrogens with zero attached hydrogens (tertiary/aromatic N) is 6. The molecule has 2 aromatic rings. The van der Waals surface area contributed by atoms with E-state index < -0.39 is 0 Å². The van der Waals surface area contributed by atoms with E-state index in [1.54, 1.807) is 0 Å². The van der Waals surface area contributed by atoms with Crippen molar-refractivity contribution in [3.63, 3.8) is 0 Å². The van der Waals surface area contributed by atoms with E-state index in [0.717, 1.165) is 19.6 Å². The molecule has 3 heterocycles. The van der Waals surface area contributed by atoms with Crippen LogP contribution in [0.1, 0.15) is 30.5 Å². The molecule has 1 fully saturated rings. The van der Waals surface area contributed by atoms with Gasteiger partial charge in [-0.05, 0) is 6.92 Å². The van der Waals surface area contributed by atoms with Gasteiger partial charge >= 0.3 is 0 Å². The number of hydrogen-bond donors (Lipinski definition) is 0. The molecule has 1 aliphatic heterocycles. The molecule has 0 aromatic carbocycles. The summed E-state index contributed by atoms with van der Waals surface area (Å²) in [6.07, 6.45) is 0. The lowest BCUT2D eigenvalue weighted by atomic mass is 10.2. The fraction of sp³-hybridized carbons (Fsp3) is 0.692. The summed E-state index contributed by atoms with van der Waals surface area (Å²) in [5, 5.41) is 15.8. The van der Waals surface area contributed by atoms with Gasteiger partial charge in [0.1, 0.15) is 0 Å². The van der Waals surface area contributed by atoms with Crippen molar-refractivity contribution in [3.05, 3.63) is 23.6 Å². The Hall–Kier alpha value is -1.80. The van der Waals surface area contributed by atoms with Crippen LogP contribution in [0.15, 0.2) is 8.83 Å². The van der Waals surface area contributed by atoms with E-state index in [1.807, 2.05) is 13.8 Å². The molecule has 0 bridgehead atoms. The molecule has 8 nitrogen and oxygen atoms in total. The lowest BCUT2D eigenvalue weighted by Gasteiger charge is -2.38. The monoisotopic (exact) mass is 292 g/mol. The van der Waals surface area contributed by atoms with Gasteiger partial charge < -0.3 is 8.83 Å². The van der Waals surface area contributed by atoms with E-state index in [1.165, 1.54) is 0 Å². The molecule has 1 atom stereocenters. The zero-order valence-corrected chi connectivity index (χ0v) is 12.6. The third-order valence-corrected chi connectivity index (χ3v) is 3.68. The Bertz CT molecular complexity index is 595. The van der Waals surface area contributed by atoms with E-state index in [4.69, 9.17) is 8.83 Å². The highest BCUT2D eigenvalue weighted by Crippen LogP contribution is 2.15. The van der Waals surface area contributed by atoms with Crippen LogP contribution < -0.4 is 0 Å². The Morgan fingerprint density at radius 1 is 0.952 bits per heavy atom. The summed E-state index contributed by atoms with van der Waals surface area (Å²) in [6, 6.07) is 0.412. The summed E-state index contributed by atoms with van der Waals surface area (Å²) in [5.74, 6) is 2.59. The maximum atomic E-state index is 5.45. The van der Waals surface area contributed by atoms with Gasteiger partial charge in [0.05, 0.1) is 13.1 Å². The lowest BCUT2D eigenvalue weighted by Crippen LogP contribution is -2.51. The minimum atomic E-state index is 0.412. The van der Waals surface area contributed by atoms with Crippen LogP contribution in [-0.4, -0.2) is 55.9 Å². The first-order valence-electron chi connectivity index (χ1n) is 7.14. The average molecular weight is 292 g/mol.